The number of carbonyl (C=O) groups is 3. The third kappa shape index (κ3) is 4.40. The number of carbonyl (C=O) groups excluding carboxylic acids is 2. The van der Waals surface area contributed by atoms with E-state index in [1.807, 2.05) is 13.8 Å². The van der Waals surface area contributed by atoms with Crippen molar-refractivity contribution in [3.8, 4) is 0 Å². The number of hydrogen-bond donors (Lipinski definition) is 2. The molecular formula is C13H23N3O4. The van der Waals surface area contributed by atoms with E-state index in [0.717, 1.165) is 0 Å². The van der Waals surface area contributed by atoms with Crippen molar-refractivity contribution in [2.75, 3.05) is 26.7 Å². The van der Waals surface area contributed by atoms with Crippen LogP contribution in [-0.4, -0.2) is 65.5 Å². The zero-order chi connectivity index (χ0) is 15.3. The van der Waals surface area contributed by atoms with Crippen LogP contribution in [0.25, 0.3) is 0 Å². The van der Waals surface area contributed by atoms with Crippen LogP contribution in [0, 0.1) is 5.92 Å². The predicted octanol–water partition coefficient (Wildman–Crippen LogP) is 0.359. The van der Waals surface area contributed by atoms with E-state index in [0.29, 0.717) is 31.8 Å². The van der Waals surface area contributed by atoms with Gasteiger partial charge in [-0.05, 0) is 18.8 Å². The average Bonchev–Trinajstić information content (AvgIpc) is 2.84. The first-order valence-electron chi connectivity index (χ1n) is 6.84. The highest BCUT2D eigenvalue weighted by Gasteiger charge is 2.35. The summed E-state index contributed by atoms with van der Waals surface area (Å²) in [5, 5.41) is 11.8. The highest BCUT2D eigenvalue weighted by Crippen LogP contribution is 2.18. The third-order valence-electron chi connectivity index (χ3n) is 3.20. The molecule has 1 rings (SSSR count). The van der Waals surface area contributed by atoms with Crippen LogP contribution >= 0.6 is 0 Å². The average molecular weight is 285 g/mol. The fourth-order valence-electron chi connectivity index (χ4n) is 2.13. The summed E-state index contributed by atoms with van der Waals surface area (Å²) in [6.07, 6.45) is 1.14. The second-order valence-electron chi connectivity index (χ2n) is 5.53. The van der Waals surface area contributed by atoms with Crippen LogP contribution in [0.3, 0.4) is 0 Å². The Morgan fingerprint density at radius 1 is 1.40 bits per heavy atom. The number of rotatable bonds is 5. The Labute approximate surface area is 118 Å². The molecule has 1 fully saturated rings. The first-order valence-corrected chi connectivity index (χ1v) is 6.84. The molecule has 1 atom stereocenters. The minimum absolute atomic E-state index is 0.0611. The number of urea groups is 1. The van der Waals surface area contributed by atoms with Gasteiger partial charge in [-0.3, -0.25) is 4.79 Å². The fourth-order valence-corrected chi connectivity index (χ4v) is 2.13. The normalized spacial score (nSPS) is 18.2. The van der Waals surface area contributed by atoms with Crippen molar-refractivity contribution < 1.29 is 19.5 Å². The number of hydrogen-bond acceptors (Lipinski definition) is 3. The Hall–Kier alpha value is -1.79. The SMILES string of the molecule is CC(C)CNC(=O)CN(C)C(=O)N1CCC[C@H]1C(=O)O. The number of aliphatic carboxylic acids is 1. The number of carboxylic acid groups (broad SMARTS) is 1. The molecule has 1 aliphatic rings. The van der Waals surface area contributed by atoms with Crippen molar-refractivity contribution in [2.45, 2.75) is 32.7 Å². The lowest BCUT2D eigenvalue weighted by molar-refractivity contribution is -0.141. The zero-order valence-electron chi connectivity index (χ0n) is 12.3. The van der Waals surface area contributed by atoms with Crippen LogP contribution in [0.15, 0.2) is 0 Å². The molecule has 0 aromatic heterocycles. The van der Waals surface area contributed by atoms with Gasteiger partial charge in [0, 0.05) is 20.1 Å². The van der Waals surface area contributed by atoms with Gasteiger partial charge in [-0.15, -0.1) is 0 Å². The molecule has 0 aromatic carbocycles. The van der Waals surface area contributed by atoms with Crippen LogP contribution in [-0.2, 0) is 9.59 Å². The van der Waals surface area contributed by atoms with Gasteiger partial charge in [0.1, 0.15) is 12.6 Å². The molecule has 0 unspecified atom stereocenters. The zero-order valence-corrected chi connectivity index (χ0v) is 12.3. The van der Waals surface area contributed by atoms with Gasteiger partial charge in [0.05, 0.1) is 0 Å². The largest absolute Gasteiger partial charge is 0.480 e. The molecule has 7 heteroatoms. The molecule has 0 spiro atoms. The van der Waals surface area contributed by atoms with Gasteiger partial charge in [0.15, 0.2) is 0 Å². The lowest BCUT2D eigenvalue weighted by atomic mass is 10.2. The smallest absolute Gasteiger partial charge is 0.326 e. The summed E-state index contributed by atoms with van der Waals surface area (Å²) >= 11 is 0. The molecule has 7 nitrogen and oxygen atoms in total. The molecular weight excluding hydrogens is 262 g/mol. The summed E-state index contributed by atoms with van der Waals surface area (Å²) < 4.78 is 0. The van der Waals surface area contributed by atoms with Crippen LogP contribution in [0.1, 0.15) is 26.7 Å². The van der Waals surface area contributed by atoms with E-state index in [4.69, 9.17) is 5.11 Å². The van der Waals surface area contributed by atoms with Gasteiger partial charge in [-0.1, -0.05) is 13.8 Å². The first-order chi connectivity index (χ1) is 9.32. The summed E-state index contributed by atoms with van der Waals surface area (Å²) in [5.74, 6) is -0.885. The van der Waals surface area contributed by atoms with E-state index in [1.165, 1.54) is 16.8 Å². The van der Waals surface area contributed by atoms with Gasteiger partial charge in [-0.25, -0.2) is 9.59 Å². The number of nitrogens with zero attached hydrogens (tertiary/aromatic N) is 2. The predicted molar refractivity (Wildman–Crippen MR) is 73.2 cm³/mol. The molecule has 0 aliphatic carbocycles. The third-order valence-corrected chi connectivity index (χ3v) is 3.20. The summed E-state index contributed by atoms with van der Waals surface area (Å²) in [4.78, 5) is 37.4. The molecule has 0 bridgehead atoms. The Bertz CT molecular complexity index is 384. The molecule has 1 aliphatic heterocycles. The fraction of sp³-hybridized carbons (Fsp3) is 0.769. The minimum atomic E-state index is -0.992. The lowest BCUT2D eigenvalue weighted by Gasteiger charge is -2.27. The van der Waals surface area contributed by atoms with Gasteiger partial charge in [-0.2, -0.15) is 0 Å². The van der Waals surface area contributed by atoms with Gasteiger partial charge >= 0.3 is 12.0 Å². The van der Waals surface area contributed by atoms with Gasteiger partial charge in [0.2, 0.25) is 5.91 Å². The molecule has 0 saturated carbocycles. The van der Waals surface area contributed by atoms with Crippen molar-refractivity contribution in [3.63, 3.8) is 0 Å². The first kappa shape index (κ1) is 16.3. The maximum atomic E-state index is 12.1. The number of likely N-dealkylation sites (tertiary alicyclic amines) is 1. The van der Waals surface area contributed by atoms with Crippen LogP contribution < -0.4 is 5.32 Å². The van der Waals surface area contributed by atoms with E-state index in [-0.39, 0.29) is 12.5 Å². The summed E-state index contributed by atoms with van der Waals surface area (Å²) in [5.41, 5.74) is 0. The van der Waals surface area contributed by atoms with E-state index < -0.39 is 18.0 Å². The summed E-state index contributed by atoms with van der Waals surface area (Å²) in [6.45, 7) is 4.89. The molecule has 1 heterocycles. The Morgan fingerprint density at radius 2 is 2.05 bits per heavy atom. The van der Waals surface area contributed by atoms with E-state index >= 15 is 0 Å². The molecule has 0 radical (unpaired) electrons. The topological polar surface area (TPSA) is 90.0 Å². The van der Waals surface area contributed by atoms with Crippen molar-refractivity contribution in [2.24, 2.45) is 5.92 Å². The maximum absolute atomic E-state index is 12.1. The quantitative estimate of drug-likeness (QED) is 0.763. The second-order valence-corrected chi connectivity index (χ2v) is 5.53. The summed E-state index contributed by atoms with van der Waals surface area (Å²) in [6, 6.07) is -1.18. The van der Waals surface area contributed by atoms with Crippen molar-refractivity contribution in [3.05, 3.63) is 0 Å². The minimum Gasteiger partial charge on any atom is -0.480 e. The lowest BCUT2D eigenvalue weighted by Crippen LogP contribution is -2.49. The molecule has 1 saturated heterocycles. The Balaban J connectivity index is 2.50. The van der Waals surface area contributed by atoms with E-state index in [9.17, 15) is 14.4 Å². The summed E-state index contributed by atoms with van der Waals surface area (Å²) in [7, 11) is 1.51. The molecule has 20 heavy (non-hydrogen) atoms. The van der Waals surface area contributed by atoms with E-state index in [1.54, 1.807) is 0 Å². The van der Waals surface area contributed by atoms with Crippen molar-refractivity contribution >= 4 is 17.9 Å². The number of carboxylic acids is 1. The number of amides is 3. The maximum Gasteiger partial charge on any atom is 0.326 e. The highest BCUT2D eigenvalue weighted by molar-refractivity contribution is 5.87. The van der Waals surface area contributed by atoms with Gasteiger partial charge < -0.3 is 20.2 Å². The monoisotopic (exact) mass is 285 g/mol. The van der Waals surface area contributed by atoms with Crippen LogP contribution in [0.5, 0.6) is 0 Å². The number of likely N-dealkylation sites (N-methyl/N-ethyl adjacent to an activating group) is 1. The van der Waals surface area contributed by atoms with Crippen LogP contribution in [0.2, 0.25) is 0 Å². The molecule has 3 amide bonds. The molecule has 114 valence electrons. The molecule has 0 aromatic rings. The van der Waals surface area contributed by atoms with E-state index in [2.05, 4.69) is 5.32 Å². The Kier molecular flexibility index (Phi) is 5.79. The molecule has 2 N–H and O–H groups in total. The second kappa shape index (κ2) is 7.12. The van der Waals surface area contributed by atoms with Crippen molar-refractivity contribution in [1.82, 2.24) is 15.1 Å². The Morgan fingerprint density at radius 3 is 2.60 bits per heavy atom. The van der Waals surface area contributed by atoms with Crippen molar-refractivity contribution in [1.29, 1.82) is 0 Å². The van der Waals surface area contributed by atoms with Gasteiger partial charge in [0.25, 0.3) is 0 Å². The number of nitrogens with one attached hydrogen (secondary N) is 1. The highest BCUT2D eigenvalue weighted by atomic mass is 16.4. The standard InChI is InChI=1S/C13H23N3O4/c1-9(2)7-14-11(17)8-15(3)13(20)16-6-4-5-10(16)12(18)19/h9-10H,4-8H2,1-3H3,(H,14,17)(H,18,19)/t10-/m0/s1. The van der Waals surface area contributed by atoms with Crippen LogP contribution in [0.4, 0.5) is 4.79 Å².